The van der Waals surface area contributed by atoms with Gasteiger partial charge in [-0.15, -0.1) is 0 Å². The van der Waals surface area contributed by atoms with E-state index in [2.05, 4.69) is 0 Å². The van der Waals surface area contributed by atoms with Crippen LogP contribution in [0.15, 0.2) is 29.2 Å². The quantitative estimate of drug-likeness (QED) is 0.873. The molecule has 6 nitrogen and oxygen atoms in total. The van der Waals surface area contributed by atoms with Gasteiger partial charge < -0.3 is 10.6 Å². The summed E-state index contributed by atoms with van der Waals surface area (Å²) in [4.78, 5) is 15.0. The number of nitrogens with two attached hydrogens (primary N) is 1. The van der Waals surface area contributed by atoms with Crippen LogP contribution in [0.3, 0.4) is 0 Å². The van der Waals surface area contributed by atoms with Crippen LogP contribution in [0, 0.1) is 12.8 Å². The molecular formula is C18H27N3O3S. The molecule has 2 N–H and O–H groups in total. The largest absolute Gasteiger partial charge is 0.338 e. The van der Waals surface area contributed by atoms with Gasteiger partial charge in [0.1, 0.15) is 0 Å². The van der Waals surface area contributed by atoms with Crippen molar-refractivity contribution in [2.45, 2.75) is 43.5 Å². The van der Waals surface area contributed by atoms with E-state index < -0.39 is 10.0 Å². The molecular weight excluding hydrogens is 338 g/mol. The Balaban J connectivity index is 1.74. The number of aryl methyl sites for hydroxylation is 1. The molecule has 0 spiro atoms. The van der Waals surface area contributed by atoms with E-state index in [9.17, 15) is 13.2 Å². The van der Waals surface area contributed by atoms with Crippen LogP contribution >= 0.6 is 0 Å². The highest BCUT2D eigenvalue weighted by atomic mass is 32.2. The summed E-state index contributed by atoms with van der Waals surface area (Å²) in [6.45, 7) is 3.88. The van der Waals surface area contributed by atoms with Gasteiger partial charge in [-0.1, -0.05) is 17.7 Å². The van der Waals surface area contributed by atoms with Gasteiger partial charge in [-0.25, -0.2) is 8.42 Å². The Morgan fingerprint density at radius 3 is 2.52 bits per heavy atom. The lowest BCUT2D eigenvalue weighted by molar-refractivity contribution is -0.137. The number of sulfonamides is 1. The molecule has 2 fully saturated rings. The molecule has 0 saturated carbocycles. The van der Waals surface area contributed by atoms with E-state index in [1.54, 1.807) is 24.3 Å². The van der Waals surface area contributed by atoms with E-state index in [4.69, 9.17) is 5.73 Å². The van der Waals surface area contributed by atoms with Crippen LogP contribution in [-0.2, 0) is 14.8 Å². The van der Waals surface area contributed by atoms with Crippen LogP contribution in [0.4, 0.5) is 0 Å². The van der Waals surface area contributed by atoms with Gasteiger partial charge in [0.05, 0.1) is 10.8 Å². The van der Waals surface area contributed by atoms with E-state index in [0.717, 1.165) is 31.4 Å². The van der Waals surface area contributed by atoms with Crippen molar-refractivity contribution < 1.29 is 13.2 Å². The summed E-state index contributed by atoms with van der Waals surface area (Å²) in [6.07, 6.45) is 3.38. The Kier molecular flexibility index (Phi) is 5.46. The predicted octanol–water partition coefficient (Wildman–Crippen LogP) is 1.35. The summed E-state index contributed by atoms with van der Waals surface area (Å²) < 4.78 is 27.2. The van der Waals surface area contributed by atoms with Crippen LogP contribution in [0.2, 0.25) is 0 Å². The van der Waals surface area contributed by atoms with Crippen molar-refractivity contribution in [1.29, 1.82) is 0 Å². The van der Waals surface area contributed by atoms with Crippen LogP contribution in [0.1, 0.15) is 31.2 Å². The number of hydrogen-bond donors (Lipinski definition) is 1. The molecule has 0 bridgehead atoms. The molecule has 1 amide bonds. The van der Waals surface area contributed by atoms with Crippen molar-refractivity contribution in [1.82, 2.24) is 9.21 Å². The minimum Gasteiger partial charge on any atom is -0.338 e. The minimum atomic E-state index is -3.55. The van der Waals surface area contributed by atoms with Crippen molar-refractivity contribution in [3.05, 3.63) is 29.8 Å². The molecule has 2 unspecified atom stereocenters. The van der Waals surface area contributed by atoms with E-state index in [1.807, 2.05) is 11.8 Å². The smallest absolute Gasteiger partial charge is 0.243 e. The molecule has 7 heteroatoms. The molecule has 138 valence electrons. The summed E-state index contributed by atoms with van der Waals surface area (Å²) in [5.41, 5.74) is 6.80. The SMILES string of the molecule is Cc1ccc(S(=O)(=O)N2CCCC(C(=O)N3CCCC3CN)C2)cc1. The fraction of sp³-hybridized carbons (Fsp3) is 0.611. The van der Waals surface area contributed by atoms with Crippen molar-refractivity contribution in [2.75, 3.05) is 26.2 Å². The monoisotopic (exact) mass is 365 g/mol. The Hall–Kier alpha value is -1.44. The second-order valence-corrected chi connectivity index (χ2v) is 9.02. The highest BCUT2D eigenvalue weighted by Gasteiger charge is 2.37. The molecule has 2 saturated heterocycles. The van der Waals surface area contributed by atoms with Crippen LogP contribution in [0.5, 0.6) is 0 Å². The van der Waals surface area contributed by atoms with Gasteiger partial charge in [-0.3, -0.25) is 4.79 Å². The number of likely N-dealkylation sites (tertiary alicyclic amines) is 1. The summed E-state index contributed by atoms with van der Waals surface area (Å²) >= 11 is 0. The molecule has 0 aliphatic carbocycles. The Morgan fingerprint density at radius 2 is 1.84 bits per heavy atom. The van der Waals surface area contributed by atoms with Gasteiger partial charge in [-0.05, 0) is 44.7 Å². The third-order valence-corrected chi connectivity index (χ3v) is 7.20. The third kappa shape index (κ3) is 3.73. The van der Waals surface area contributed by atoms with Crippen LogP contribution in [-0.4, -0.2) is 55.8 Å². The lowest BCUT2D eigenvalue weighted by Crippen LogP contribution is -2.49. The van der Waals surface area contributed by atoms with Gasteiger partial charge >= 0.3 is 0 Å². The molecule has 2 atom stereocenters. The van der Waals surface area contributed by atoms with E-state index >= 15 is 0 Å². The topological polar surface area (TPSA) is 83.7 Å². The lowest BCUT2D eigenvalue weighted by atomic mass is 9.97. The molecule has 2 heterocycles. The average molecular weight is 365 g/mol. The standard InChI is InChI=1S/C18H27N3O3S/c1-14-6-8-17(9-7-14)25(23,24)20-10-2-4-15(13-20)18(22)21-11-3-5-16(21)12-19/h6-9,15-16H,2-5,10-13,19H2,1H3. The minimum absolute atomic E-state index is 0.0664. The third-order valence-electron chi connectivity index (χ3n) is 5.32. The van der Waals surface area contributed by atoms with Crippen molar-refractivity contribution in [3.8, 4) is 0 Å². The number of rotatable bonds is 4. The maximum atomic E-state index is 12.9. The van der Waals surface area contributed by atoms with Crippen LogP contribution in [0.25, 0.3) is 0 Å². The van der Waals surface area contributed by atoms with Crippen molar-refractivity contribution in [3.63, 3.8) is 0 Å². The second-order valence-electron chi connectivity index (χ2n) is 7.08. The lowest BCUT2D eigenvalue weighted by Gasteiger charge is -2.34. The fourth-order valence-electron chi connectivity index (χ4n) is 3.83. The zero-order valence-corrected chi connectivity index (χ0v) is 15.5. The Morgan fingerprint density at radius 1 is 1.16 bits per heavy atom. The maximum absolute atomic E-state index is 12.9. The molecule has 0 radical (unpaired) electrons. The van der Waals surface area contributed by atoms with E-state index in [-0.39, 0.29) is 24.4 Å². The fourth-order valence-corrected chi connectivity index (χ4v) is 5.35. The zero-order valence-electron chi connectivity index (χ0n) is 14.7. The first-order chi connectivity index (χ1) is 11.9. The number of amides is 1. The van der Waals surface area contributed by atoms with Gasteiger partial charge in [-0.2, -0.15) is 4.31 Å². The number of carbonyl (C=O) groups excluding carboxylic acids is 1. The zero-order chi connectivity index (χ0) is 18.0. The van der Waals surface area contributed by atoms with Crippen molar-refractivity contribution in [2.24, 2.45) is 11.7 Å². The molecule has 25 heavy (non-hydrogen) atoms. The number of piperidine rings is 1. The molecule has 1 aromatic carbocycles. The predicted molar refractivity (Wildman–Crippen MR) is 96.5 cm³/mol. The highest BCUT2D eigenvalue weighted by Crippen LogP contribution is 2.27. The first kappa shape index (κ1) is 18.4. The normalized spacial score (nSPS) is 25.3. The average Bonchev–Trinajstić information content (AvgIpc) is 3.10. The molecule has 2 aliphatic heterocycles. The first-order valence-electron chi connectivity index (χ1n) is 9.01. The molecule has 0 aromatic heterocycles. The van der Waals surface area contributed by atoms with Gasteiger partial charge in [0, 0.05) is 32.2 Å². The number of hydrogen-bond acceptors (Lipinski definition) is 4. The first-order valence-corrected chi connectivity index (χ1v) is 10.4. The molecule has 2 aliphatic rings. The second kappa shape index (κ2) is 7.43. The van der Waals surface area contributed by atoms with Crippen molar-refractivity contribution >= 4 is 15.9 Å². The summed E-state index contributed by atoms with van der Waals surface area (Å²) in [5, 5.41) is 0. The molecule has 1 aromatic rings. The van der Waals surface area contributed by atoms with Gasteiger partial charge in [0.2, 0.25) is 15.9 Å². The van der Waals surface area contributed by atoms with Gasteiger partial charge in [0.15, 0.2) is 0 Å². The number of benzene rings is 1. The summed E-state index contributed by atoms with van der Waals surface area (Å²) in [5.74, 6) is -0.196. The summed E-state index contributed by atoms with van der Waals surface area (Å²) in [7, 11) is -3.55. The highest BCUT2D eigenvalue weighted by molar-refractivity contribution is 7.89. The van der Waals surface area contributed by atoms with Gasteiger partial charge in [0.25, 0.3) is 0 Å². The Bertz CT molecular complexity index is 718. The molecule has 3 rings (SSSR count). The number of nitrogens with zero attached hydrogens (tertiary/aromatic N) is 2. The van der Waals surface area contributed by atoms with Crippen LogP contribution < -0.4 is 5.73 Å². The Labute approximate surface area is 150 Å². The maximum Gasteiger partial charge on any atom is 0.243 e. The van der Waals surface area contributed by atoms with E-state index in [0.29, 0.717) is 24.4 Å². The summed E-state index contributed by atoms with van der Waals surface area (Å²) in [6, 6.07) is 6.99. The van der Waals surface area contributed by atoms with E-state index in [1.165, 1.54) is 4.31 Å². The number of carbonyl (C=O) groups is 1.